The van der Waals surface area contributed by atoms with Gasteiger partial charge in [0, 0.05) is 18.3 Å². The molecule has 1 amide bonds. The van der Waals surface area contributed by atoms with Gasteiger partial charge < -0.3 is 11.1 Å². The summed E-state index contributed by atoms with van der Waals surface area (Å²) >= 11 is 0. The van der Waals surface area contributed by atoms with Crippen LogP contribution in [0.25, 0.3) is 0 Å². The summed E-state index contributed by atoms with van der Waals surface area (Å²) in [5.74, 6) is 0.578. The molecule has 19 heavy (non-hydrogen) atoms. The zero-order valence-electron chi connectivity index (χ0n) is 11.2. The fourth-order valence-electron chi connectivity index (χ4n) is 1.30. The highest BCUT2D eigenvalue weighted by molar-refractivity contribution is 5.95. The van der Waals surface area contributed by atoms with Crippen LogP contribution in [0.3, 0.4) is 0 Å². The largest absolute Gasteiger partial charge is 0.397 e. The van der Waals surface area contributed by atoms with E-state index in [-0.39, 0.29) is 11.8 Å². The quantitative estimate of drug-likeness (QED) is 0.790. The van der Waals surface area contributed by atoms with Gasteiger partial charge in [-0.25, -0.2) is 9.97 Å². The molecule has 1 heterocycles. The number of aromatic nitrogens is 2. The zero-order chi connectivity index (χ0) is 14.4. The Balaban J connectivity index is 2.89. The molecule has 100 valence electrons. The number of hydrogen-bond donors (Lipinski definition) is 2. The Kier molecular flexibility index (Phi) is 5.00. The fourth-order valence-corrected chi connectivity index (χ4v) is 1.30. The number of carbonyl (C=O) groups excluding carboxylic acids is 1. The molecule has 0 aromatic carbocycles. The van der Waals surface area contributed by atoms with E-state index in [0.717, 1.165) is 0 Å². The smallest absolute Gasteiger partial charge is 0.258 e. The Morgan fingerprint density at radius 3 is 2.32 bits per heavy atom. The van der Waals surface area contributed by atoms with Crippen molar-refractivity contribution in [1.82, 2.24) is 15.3 Å². The molecule has 0 unspecified atom stereocenters. The number of allylic oxidation sites excluding steroid dienone is 2. The zero-order valence-corrected chi connectivity index (χ0v) is 11.2. The Morgan fingerprint density at radius 1 is 1.32 bits per heavy atom. The van der Waals surface area contributed by atoms with Gasteiger partial charge in [0.1, 0.15) is 5.82 Å². The number of nitrogens with two attached hydrogens (primary N) is 1. The summed E-state index contributed by atoms with van der Waals surface area (Å²) in [7, 11) is 0. The second kappa shape index (κ2) is 6.49. The van der Waals surface area contributed by atoms with E-state index < -0.39 is 0 Å². The van der Waals surface area contributed by atoms with Crippen molar-refractivity contribution in [2.75, 3.05) is 0 Å². The van der Waals surface area contributed by atoms with Crippen LogP contribution >= 0.6 is 0 Å². The number of nitrogens with zero attached hydrogens (tertiary/aromatic N) is 2. The number of amides is 1. The predicted molar refractivity (Wildman–Crippen MR) is 75.2 cm³/mol. The van der Waals surface area contributed by atoms with E-state index in [4.69, 9.17) is 5.73 Å². The van der Waals surface area contributed by atoms with Gasteiger partial charge in [0.2, 0.25) is 0 Å². The van der Waals surface area contributed by atoms with Crippen LogP contribution < -0.4 is 11.1 Å². The summed E-state index contributed by atoms with van der Waals surface area (Å²) in [6, 6.07) is 0. The van der Waals surface area contributed by atoms with Gasteiger partial charge in [-0.1, -0.05) is 27.0 Å². The normalized spacial score (nSPS) is 11.7. The van der Waals surface area contributed by atoms with E-state index in [1.165, 1.54) is 24.5 Å². The first-order valence-electron chi connectivity index (χ1n) is 5.87. The van der Waals surface area contributed by atoms with E-state index in [0.29, 0.717) is 22.8 Å². The second-order valence-electron chi connectivity index (χ2n) is 4.22. The molecule has 1 aromatic heterocycles. The molecule has 0 aliphatic heterocycles. The van der Waals surface area contributed by atoms with Crippen LogP contribution in [0.4, 0.5) is 0 Å². The van der Waals surface area contributed by atoms with Gasteiger partial charge >= 0.3 is 0 Å². The number of hydrogen-bond acceptors (Lipinski definition) is 4. The highest BCUT2D eigenvalue weighted by Crippen LogP contribution is 2.08. The average Bonchev–Trinajstić information content (AvgIpc) is 2.43. The van der Waals surface area contributed by atoms with Crippen LogP contribution in [0.2, 0.25) is 0 Å². The first kappa shape index (κ1) is 14.6. The SMILES string of the molecule is C=C/C(N)=C(\C=C)NC(=O)c1cnc(C(C)C)nc1. The summed E-state index contributed by atoms with van der Waals surface area (Å²) in [6.45, 7) is 11.1. The van der Waals surface area contributed by atoms with Gasteiger partial charge in [-0.05, 0) is 12.2 Å². The molecule has 0 aliphatic carbocycles. The first-order valence-corrected chi connectivity index (χ1v) is 5.87. The van der Waals surface area contributed by atoms with Crippen LogP contribution in [0.1, 0.15) is 35.9 Å². The lowest BCUT2D eigenvalue weighted by molar-refractivity contribution is 0.0966. The standard InChI is InChI=1S/C14H18N4O/c1-5-11(15)12(6-2)18-14(19)10-7-16-13(9(3)4)17-8-10/h5-9H,1-2,15H2,3-4H3,(H,18,19)/b12-11-. The van der Waals surface area contributed by atoms with Crippen molar-refractivity contribution in [3.63, 3.8) is 0 Å². The number of nitrogens with one attached hydrogen (secondary N) is 1. The Morgan fingerprint density at radius 2 is 1.89 bits per heavy atom. The molecular formula is C14H18N4O. The van der Waals surface area contributed by atoms with Crippen LogP contribution in [0.15, 0.2) is 49.1 Å². The minimum absolute atomic E-state index is 0.220. The maximum Gasteiger partial charge on any atom is 0.258 e. The van der Waals surface area contributed by atoms with Crippen molar-refractivity contribution in [2.24, 2.45) is 5.73 Å². The summed E-state index contributed by atoms with van der Waals surface area (Å²) in [5.41, 5.74) is 6.78. The molecule has 3 N–H and O–H groups in total. The summed E-state index contributed by atoms with van der Waals surface area (Å²) in [4.78, 5) is 20.2. The minimum atomic E-state index is -0.338. The number of rotatable bonds is 5. The van der Waals surface area contributed by atoms with E-state index in [1.807, 2.05) is 13.8 Å². The van der Waals surface area contributed by atoms with E-state index in [9.17, 15) is 4.79 Å². The molecule has 0 fully saturated rings. The van der Waals surface area contributed by atoms with Crippen molar-refractivity contribution in [3.8, 4) is 0 Å². The Hall–Kier alpha value is -2.43. The van der Waals surface area contributed by atoms with Gasteiger partial charge in [-0.15, -0.1) is 0 Å². The van der Waals surface area contributed by atoms with Crippen molar-refractivity contribution < 1.29 is 4.79 Å². The van der Waals surface area contributed by atoms with Crippen molar-refractivity contribution in [3.05, 3.63) is 60.5 Å². The molecule has 0 saturated heterocycles. The summed E-state index contributed by atoms with van der Waals surface area (Å²) in [6.07, 6.45) is 5.87. The summed E-state index contributed by atoms with van der Waals surface area (Å²) in [5, 5.41) is 2.63. The molecule has 0 bridgehead atoms. The lowest BCUT2D eigenvalue weighted by Gasteiger charge is -2.08. The maximum absolute atomic E-state index is 12.0. The molecule has 0 aliphatic rings. The average molecular weight is 258 g/mol. The van der Waals surface area contributed by atoms with E-state index >= 15 is 0 Å². The van der Waals surface area contributed by atoms with Crippen molar-refractivity contribution in [1.29, 1.82) is 0 Å². The van der Waals surface area contributed by atoms with Crippen LogP contribution in [-0.4, -0.2) is 15.9 Å². The van der Waals surface area contributed by atoms with Crippen LogP contribution in [0, 0.1) is 0 Å². The molecule has 0 radical (unpaired) electrons. The van der Waals surface area contributed by atoms with E-state index in [2.05, 4.69) is 28.4 Å². The lowest BCUT2D eigenvalue weighted by Crippen LogP contribution is -2.24. The molecule has 5 heteroatoms. The summed E-state index contributed by atoms with van der Waals surface area (Å²) < 4.78 is 0. The van der Waals surface area contributed by atoms with Gasteiger partial charge in [0.25, 0.3) is 5.91 Å². The molecule has 0 saturated carbocycles. The molecule has 1 rings (SSSR count). The third-order valence-electron chi connectivity index (χ3n) is 2.43. The van der Waals surface area contributed by atoms with Gasteiger partial charge in [-0.3, -0.25) is 4.79 Å². The third-order valence-corrected chi connectivity index (χ3v) is 2.43. The van der Waals surface area contributed by atoms with Crippen LogP contribution in [-0.2, 0) is 0 Å². The van der Waals surface area contributed by atoms with Crippen molar-refractivity contribution in [2.45, 2.75) is 19.8 Å². The fraction of sp³-hybridized carbons (Fsp3) is 0.214. The molecule has 1 aromatic rings. The third kappa shape index (κ3) is 3.77. The highest BCUT2D eigenvalue weighted by Gasteiger charge is 2.10. The molecular weight excluding hydrogens is 240 g/mol. The monoisotopic (exact) mass is 258 g/mol. The van der Waals surface area contributed by atoms with Crippen molar-refractivity contribution >= 4 is 5.91 Å². The molecule has 0 atom stereocenters. The second-order valence-corrected chi connectivity index (χ2v) is 4.22. The minimum Gasteiger partial charge on any atom is -0.397 e. The molecule has 0 spiro atoms. The maximum atomic E-state index is 12.0. The van der Waals surface area contributed by atoms with E-state index in [1.54, 1.807) is 0 Å². The highest BCUT2D eigenvalue weighted by atomic mass is 16.1. The first-order chi connectivity index (χ1) is 8.99. The Labute approximate surface area is 113 Å². The molecule has 5 nitrogen and oxygen atoms in total. The van der Waals surface area contributed by atoms with Crippen LogP contribution in [0.5, 0.6) is 0 Å². The number of carbonyl (C=O) groups is 1. The predicted octanol–water partition coefficient (Wildman–Crippen LogP) is 1.87. The topological polar surface area (TPSA) is 80.9 Å². The lowest BCUT2D eigenvalue weighted by atomic mass is 10.2. The van der Waals surface area contributed by atoms with Gasteiger partial charge in [0.15, 0.2) is 0 Å². The van der Waals surface area contributed by atoms with Gasteiger partial charge in [-0.2, -0.15) is 0 Å². The Bertz CT molecular complexity index is 515. The van der Waals surface area contributed by atoms with Gasteiger partial charge in [0.05, 0.1) is 17.0 Å².